The highest BCUT2D eigenvalue weighted by atomic mass is 16.2. The van der Waals surface area contributed by atoms with Gasteiger partial charge in [-0.25, -0.2) is 4.68 Å². The summed E-state index contributed by atoms with van der Waals surface area (Å²) in [5.41, 5.74) is 1.80. The molecule has 2 aromatic rings. The Morgan fingerprint density at radius 2 is 2.04 bits per heavy atom. The number of carbonyl (C=O) groups is 1. The van der Waals surface area contributed by atoms with Crippen molar-refractivity contribution in [1.29, 1.82) is 5.26 Å². The van der Waals surface area contributed by atoms with E-state index in [9.17, 15) is 10.1 Å². The average molecular weight is 337 g/mol. The van der Waals surface area contributed by atoms with Gasteiger partial charge in [0.05, 0.1) is 18.2 Å². The molecule has 8 nitrogen and oxygen atoms in total. The van der Waals surface area contributed by atoms with Crippen molar-refractivity contribution in [3.63, 3.8) is 0 Å². The van der Waals surface area contributed by atoms with Gasteiger partial charge in [0.15, 0.2) is 0 Å². The maximum Gasteiger partial charge on any atom is 0.227 e. The second-order valence-corrected chi connectivity index (χ2v) is 6.55. The van der Waals surface area contributed by atoms with Crippen molar-refractivity contribution in [3.8, 4) is 11.8 Å². The van der Waals surface area contributed by atoms with Crippen molar-refractivity contribution in [3.05, 3.63) is 36.2 Å². The number of nitrogens with zero attached hydrogens (tertiary/aromatic N) is 7. The summed E-state index contributed by atoms with van der Waals surface area (Å²) in [5, 5.41) is 20.5. The highest BCUT2D eigenvalue weighted by Crippen LogP contribution is 2.30. The monoisotopic (exact) mass is 337 g/mol. The molecule has 2 heterocycles. The molecule has 8 heteroatoms. The van der Waals surface area contributed by atoms with E-state index in [0.29, 0.717) is 25.6 Å². The topological polar surface area (TPSA) is 90.9 Å². The van der Waals surface area contributed by atoms with E-state index in [2.05, 4.69) is 26.5 Å². The van der Waals surface area contributed by atoms with Gasteiger partial charge in [-0.15, -0.1) is 5.10 Å². The molecule has 128 valence electrons. The zero-order chi connectivity index (χ0) is 17.2. The summed E-state index contributed by atoms with van der Waals surface area (Å²) in [6, 6.07) is 10.3. The lowest BCUT2D eigenvalue weighted by Crippen LogP contribution is -2.55. The highest BCUT2D eigenvalue weighted by Gasteiger charge is 2.38. The third-order valence-corrected chi connectivity index (χ3v) is 4.84. The minimum atomic E-state index is -0.174. The van der Waals surface area contributed by atoms with Gasteiger partial charge in [-0.2, -0.15) is 5.26 Å². The lowest BCUT2D eigenvalue weighted by atomic mass is 10.1. The van der Waals surface area contributed by atoms with Gasteiger partial charge in [0, 0.05) is 25.7 Å². The first-order chi connectivity index (χ1) is 12.2. The Kier molecular flexibility index (Phi) is 4.15. The molecule has 1 aliphatic carbocycles. The number of benzene rings is 1. The lowest BCUT2D eigenvalue weighted by Gasteiger charge is -2.38. The van der Waals surface area contributed by atoms with Crippen LogP contribution in [0.15, 0.2) is 30.6 Å². The molecule has 1 amide bonds. The lowest BCUT2D eigenvalue weighted by molar-refractivity contribution is -0.133. The van der Waals surface area contributed by atoms with Crippen LogP contribution in [0, 0.1) is 11.3 Å². The molecule has 0 spiro atoms. The fraction of sp³-hybridized carbons (Fsp3) is 0.471. The number of amides is 1. The minimum Gasteiger partial charge on any atom is -0.338 e. The standard InChI is InChI=1S/C17H19N7O/c18-10-16-11-22(7-8-23(16)14-5-6-14)17(25)9-13-1-3-15(4-2-13)24-12-19-20-21-24/h1-4,12,14,16H,5-9,11H2. The van der Waals surface area contributed by atoms with Crippen LogP contribution in [0.1, 0.15) is 18.4 Å². The fourth-order valence-corrected chi connectivity index (χ4v) is 3.31. The number of nitriles is 1. The SMILES string of the molecule is N#CC1CN(C(=O)Cc2ccc(-n3cnnn3)cc2)CCN1C1CC1. The zero-order valence-electron chi connectivity index (χ0n) is 13.8. The van der Waals surface area contributed by atoms with E-state index >= 15 is 0 Å². The Morgan fingerprint density at radius 3 is 2.68 bits per heavy atom. The number of rotatable bonds is 4. The summed E-state index contributed by atoms with van der Waals surface area (Å²) in [6.45, 7) is 2.01. The number of hydrogen-bond donors (Lipinski definition) is 0. The van der Waals surface area contributed by atoms with Crippen LogP contribution in [-0.2, 0) is 11.2 Å². The molecule has 0 N–H and O–H groups in total. The van der Waals surface area contributed by atoms with Crippen LogP contribution in [0.5, 0.6) is 0 Å². The zero-order valence-corrected chi connectivity index (χ0v) is 13.8. The first kappa shape index (κ1) is 15.7. The molecule has 1 aromatic heterocycles. The van der Waals surface area contributed by atoms with Crippen LogP contribution >= 0.6 is 0 Å². The van der Waals surface area contributed by atoms with Gasteiger partial charge >= 0.3 is 0 Å². The molecule has 2 aliphatic rings. The predicted octanol–water partition coefficient (Wildman–Crippen LogP) is 0.404. The Hall–Kier alpha value is -2.79. The molecule has 0 bridgehead atoms. The normalized spacial score (nSPS) is 21.1. The van der Waals surface area contributed by atoms with Crippen LogP contribution in [-0.4, -0.2) is 67.6 Å². The highest BCUT2D eigenvalue weighted by molar-refractivity contribution is 5.79. The maximum absolute atomic E-state index is 12.6. The molecule has 1 aromatic carbocycles. The summed E-state index contributed by atoms with van der Waals surface area (Å²) >= 11 is 0. The van der Waals surface area contributed by atoms with E-state index in [1.54, 1.807) is 4.68 Å². The van der Waals surface area contributed by atoms with E-state index in [1.165, 1.54) is 19.2 Å². The van der Waals surface area contributed by atoms with Crippen LogP contribution in [0.2, 0.25) is 0 Å². The Bertz CT molecular complexity index is 776. The first-order valence-corrected chi connectivity index (χ1v) is 8.50. The van der Waals surface area contributed by atoms with Crippen molar-refractivity contribution >= 4 is 5.91 Å². The summed E-state index contributed by atoms with van der Waals surface area (Å²) in [4.78, 5) is 16.7. The van der Waals surface area contributed by atoms with Gasteiger partial charge in [0.25, 0.3) is 0 Å². The van der Waals surface area contributed by atoms with Crippen molar-refractivity contribution in [2.45, 2.75) is 31.3 Å². The molecular formula is C17H19N7O. The van der Waals surface area contributed by atoms with E-state index in [4.69, 9.17) is 0 Å². The summed E-state index contributed by atoms with van der Waals surface area (Å²) in [5.74, 6) is 0.0749. The Balaban J connectivity index is 1.38. The largest absolute Gasteiger partial charge is 0.338 e. The van der Waals surface area contributed by atoms with E-state index in [1.807, 2.05) is 29.2 Å². The molecule has 1 saturated carbocycles. The van der Waals surface area contributed by atoms with Crippen molar-refractivity contribution in [2.75, 3.05) is 19.6 Å². The fourth-order valence-electron chi connectivity index (χ4n) is 3.31. The molecule has 0 radical (unpaired) electrons. The van der Waals surface area contributed by atoms with Gasteiger partial charge in [-0.3, -0.25) is 9.69 Å². The number of tetrazole rings is 1. The van der Waals surface area contributed by atoms with E-state index < -0.39 is 0 Å². The molecule has 2 fully saturated rings. The summed E-state index contributed by atoms with van der Waals surface area (Å²) in [7, 11) is 0. The van der Waals surface area contributed by atoms with Crippen molar-refractivity contribution < 1.29 is 4.79 Å². The summed E-state index contributed by atoms with van der Waals surface area (Å²) in [6.07, 6.45) is 4.23. The second-order valence-electron chi connectivity index (χ2n) is 6.55. The Labute approximate surface area is 145 Å². The third kappa shape index (κ3) is 3.37. The minimum absolute atomic E-state index is 0.0749. The van der Waals surface area contributed by atoms with Gasteiger partial charge in [0.1, 0.15) is 12.4 Å². The second kappa shape index (κ2) is 6.61. The van der Waals surface area contributed by atoms with Crippen molar-refractivity contribution in [2.24, 2.45) is 0 Å². The van der Waals surface area contributed by atoms with E-state index in [-0.39, 0.29) is 11.9 Å². The third-order valence-electron chi connectivity index (χ3n) is 4.84. The summed E-state index contributed by atoms with van der Waals surface area (Å²) < 4.78 is 1.57. The number of aromatic nitrogens is 4. The predicted molar refractivity (Wildman–Crippen MR) is 88.6 cm³/mol. The molecule has 1 aliphatic heterocycles. The molecule has 4 rings (SSSR count). The van der Waals surface area contributed by atoms with Crippen LogP contribution in [0.25, 0.3) is 5.69 Å². The first-order valence-electron chi connectivity index (χ1n) is 8.50. The van der Waals surface area contributed by atoms with Gasteiger partial charge in [-0.1, -0.05) is 12.1 Å². The van der Waals surface area contributed by atoms with E-state index in [0.717, 1.165) is 17.8 Å². The van der Waals surface area contributed by atoms with Gasteiger partial charge in [-0.05, 0) is 41.0 Å². The maximum atomic E-state index is 12.6. The smallest absolute Gasteiger partial charge is 0.227 e. The molecule has 1 atom stereocenters. The quantitative estimate of drug-likeness (QED) is 0.802. The molecule has 25 heavy (non-hydrogen) atoms. The van der Waals surface area contributed by atoms with Crippen LogP contribution < -0.4 is 0 Å². The molecule has 1 saturated heterocycles. The van der Waals surface area contributed by atoms with Gasteiger partial charge in [0.2, 0.25) is 5.91 Å². The number of carbonyl (C=O) groups excluding carboxylic acids is 1. The number of hydrogen-bond acceptors (Lipinski definition) is 6. The van der Waals surface area contributed by atoms with Gasteiger partial charge < -0.3 is 4.90 Å². The Morgan fingerprint density at radius 1 is 1.24 bits per heavy atom. The molecular weight excluding hydrogens is 318 g/mol. The average Bonchev–Trinajstić information content (AvgIpc) is 3.35. The molecule has 1 unspecified atom stereocenters. The number of piperazine rings is 1. The van der Waals surface area contributed by atoms with Crippen molar-refractivity contribution in [1.82, 2.24) is 30.0 Å². The van der Waals surface area contributed by atoms with Crippen LogP contribution in [0.4, 0.5) is 0 Å². The van der Waals surface area contributed by atoms with Crippen LogP contribution in [0.3, 0.4) is 0 Å².